The van der Waals surface area contributed by atoms with E-state index in [1.807, 2.05) is 23.7 Å². The zero-order valence-electron chi connectivity index (χ0n) is 12.5. The Labute approximate surface area is 142 Å². The minimum Gasteiger partial charge on any atom is -0.305 e. The van der Waals surface area contributed by atoms with Gasteiger partial charge in [0.1, 0.15) is 5.82 Å². The van der Waals surface area contributed by atoms with Crippen molar-refractivity contribution in [3.63, 3.8) is 0 Å². The number of hydrogen-bond donors (Lipinski definition) is 0. The van der Waals surface area contributed by atoms with Gasteiger partial charge in [0.25, 0.3) is 0 Å². The minimum atomic E-state index is -0.203. The minimum absolute atomic E-state index is 0.203. The van der Waals surface area contributed by atoms with Gasteiger partial charge in [0, 0.05) is 41.4 Å². The first kappa shape index (κ1) is 16.0. The zero-order valence-corrected chi connectivity index (χ0v) is 14.1. The number of rotatable bonds is 6. The summed E-state index contributed by atoms with van der Waals surface area (Å²) in [5, 5.41) is 9.35. The van der Waals surface area contributed by atoms with Gasteiger partial charge in [-0.15, -0.1) is 22.0 Å². The monoisotopic (exact) mass is 346 g/mol. The van der Waals surface area contributed by atoms with Crippen LogP contribution in [-0.4, -0.2) is 31.3 Å². The second-order valence-corrected chi connectivity index (χ2v) is 6.99. The molecule has 0 radical (unpaired) electrons. The van der Waals surface area contributed by atoms with Crippen LogP contribution in [0.25, 0.3) is 11.4 Å². The molecule has 0 aliphatic heterocycles. The third-order valence-corrected chi connectivity index (χ3v) is 5.45. The number of nitrogens with zero attached hydrogens (tertiary/aromatic N) is 4. The summed E-state index contributed by atoms with van der Waals surface area (Å²) in [4.78, 5) is 5.18. The van der Waals surface area contributed by atoms with Gasteiger partial charge in [-0.2, -0.15) is 0 Å². The number of thioether (sulfide) groups is 2. The molecule has 0 saturated carbocycles. The highest BCUT2D eigenvalue weighted by Crippen LogP contribution is 2.24. The van der Waals surface area contributed by atoms with Gasteiger partial charge < -0.3 is 4.57 Å². The Morgan fingerprint density at radius 1 is 1.04 bits per heavy atom. The Kier molecular flexibility index (Phi) is 5.30. The molecule has 1 aromatic carbocycles. The van der Waals surface area contributed by atoms with Gasteiger partial charge >= 0.3 is 0 Å². The van der Waals surface area contributed by atoms with Crippen molar-refractivity contribution in [1.29, 1.82) is 0 Å². The number of halogens is 1. The summed E-state index contributed by atoms with van der Waals surface area (Å²) in [6.45, 7) is 0. The summed E-state index contributed by atoms with van der Waals surface area (Å²) in [7, 11) is 1.96. The van der Waals surface area contributed by atoms with Crippen molar-refractivity contribution >= 4 is 23.5 Å². The number of pyridine rings is 1. The van der Waals surface area contributed by atoms with E-state index in [9.17, 15) is 4.39 Å². The van der Waals surface area contributed by atoms with Crippen molar-refractivity contribution in [3.05, 3.63) is 54.6 Å². The van der Waals surface area contributed by atoms with Crippen molar-refractivity contribution in [1.82, 2.24) is 19.7 Å². The van der Waals surface area contributed by atoms with Gasteiger partial charge in [-0.3, -0.25) is 4.98 Å². The maximum atomic E-state index is 12.8. The molecular weight excluding hydrogens is 331 g/mol. The highest BCUT2D eigenvalue weighted by Gasteiger charge is 2.10. The largest absolute Gasteiger partial charge is 0.305 e. The fraction of sp³-hybridized carbons (Fsp3) is 0.188. The van der Waals surface area contributed by atoms with E-state index in [0.29, 0.717) is 0 Å². The third-order valence-electron chi connectivity index (χ3n) is 3.15. The van der Waals surface area contributed by atoms with E-state index < -0.39 is 0 Å². The first-order valence-corrected chi connectivity index (χ1v) is 9.02. The second-order valence-electron chi connectivity index (χ2n) is 4.76. The smallest absolute Gasteiger partial charge is 0.191 e. The Balaban J connectivity index is 1.55. The normalized spacial score (nSPS) is 10.9. The van der Waals surface area contributed by atoms with Crippen LogP contribution in [0.2, 0.25) is 0 Å². The van der Waals surface area contributed by atoms with Crippen LogP contribution >= 0.6 is 23.5 Å². The molecule has 0 unspecified atom stereocenters. The molecule has 3 rings (SSSR count). The molecule has 2 heterocycles. The van der Waals surface area contributed by atoms with Gasteiger partial charge in [-0.05, 0) is 36.4 Å². The average Bonchev–Trinajstić information content (AvgIpc) is 2.95. The molecule has 0 fully saturated rings. The summed E-state index contributed by atoms with van der Waals surface area (Å²) < 4.78 is 14.8. The lowest BCUT2D eigenvalue weighted by Crippen LogP contribution is -1.96. The number of aromatic nitrogens is 4. The lowest BCUT2D eigenvalue weighted by atomic mass is 10.3. The standard InChI is InChI=1S/C16H15FN4S2/c1-21-15(12-3-2-8-18-11-12)19-20-16(21)23-10-9-22-14-6-4-13(17)5-7-14/h2-8,11H,9-10H2,1H3. The van der Waals surface area contributed by atoms with Crippen LogP contribution in [0.4, 0.5) is 4.39 Å². The van der Waals surface area contributed by atoms with Crippen LogP contribution in [0.15, 0.2) is 58.8 Å². The topological polar surface area (TPSA) is 43.6 Å². The predicted octanol–water partition coefficient (Wildman–Crippen LogP) is 3.90. The second kappa shape index (κ2) is 7.61. The van der Waals surface area contributed by atoms with E-state index in [4.69, 9.17) is 0 Å². The van der Waals surface area contributed by atoms with Gasteiger partial charge in [-0.25, -0.2) is 4.39 Å². The maximum Gasteiger partial charge on any atom is 0.191 e. The van der Waals surface area contributed by atoms with E-state index in [1.165, 1.54) is 12.1 Å². The molecular formula is C16H15FN4S2. The lowest BCUT2D eigenvalue weighted by molar-refractivity contribution is 0.626. The first-order valence-electron chi connectivity index (χ1n) is 7.05. The molecule has 3 aromatic rings. The molecule has 0 aliphatic carbocycles. The molecule has 0 N–H and O–H groups in total. The van der Waals surface area contributed by atoms with Crippen LogP contribution < -0.4 is 0 Å². The average molecular weight is 346 g/mol. The van der Waals surface area contributed by atoms with Crippen molar-refractivity contribution in [2.24, 2.45) is 7.05 Å². The molecule has 0 spiro atoms. The van der Waals surface area contributed by atoms with Crippen LogP contribution in [-0.2, 0) is 7.05 Å². The van der Waals surface area contributed by atoms with Crippen molar-refractivity contribution in [3.8, 4) is 11.4 Å². The quantitative estimate of drug-likeness (QED) is 0.500. The summed E-state index contributed by atoms with van der Waals surface area (Å²) in [5.41, 5.74) is 0.954. The highest BCUT2D eigenvalue weighted by molar-refractivity contribution is 8.02. The Morgan fingerprint density at radius 2 is 1.83 bits per heavy atom. The number of hydrogen-bond acceptors (Lipinski definition) is 5. The molecule has 0 saturated heterocycles. The summed E-state index contributed by atoms with van der Waals surface area (Å²) in [5.74, 6) is 2.43. The fourth-order valence-electron chi connectivity index (χ4n) is 2.01. The Hall–Kier alpha value is -1.86. The van der Waals surface area contributed by atoms with Crippen LogP contribution in [0, 0.1) is 5.82 Å². The molecule has 0 atom stereocenters. The first-order chi connectivity index (χ1) is 11.2. The molecule has 7 heteroatoms. The van der Waals surface area contributed by atoms with Crippen molar-refractivity contribution in [2.75, 3.05) is 11.5 Å². The van der Waals surface area contributed by atoms with Crippen LogP contribution in [0.1, 0.15) is 0 Å². The fourth-order valence-corrected chi connectivity index (χ4v) is 3.80. The zero-order chi connectivity index (χ0) is 16.1. The Morgan fingerprint density at radius 3 is 2.57 bits per heavy atom. The van der Waals surface area contributed by atoms with E-state index >= 15 is 0 Å². The lowest BCUT2D eigenvalue weighted by Gasteiger charge is -2.04. The molecule has 4 nitrogen and oxygen atoms in total. The predicted molar refractivity (Wildman–Crippen MR) is 92.1 cm³/mol. The molecule has 23 heavy (non-hydrogen) atoms. The van der Waals surface area contributed by atoms with Crippen molar-refractivity contribution in [2.45, 2.75) is 10.1 Å². The van der Waals surface area contributed by atoms with E-state index in [0.717, 1.165) is 32.9 Å². The van der Waals surface area contributed by atoms with E-state index in [2.05, 4.69) is 15.2 Å². The number of benzene rings is 1. The van der Waals surface area contributed by atoms with Crippen molar-refractivity contribution < 1.29 is 4.39 Å². The van der Waals surface area contributed by atoms with Gasteiger partial charge in [0.15, 0.2) is 11.0 Å². The van der Waals surface area contributed by atoms with Gasteiger partial charge in [-0.1, -0.05) is 11.8 Å². The van der Waals surface area contributed by atoms with Gasteiger partial charge in [0.2, 0.25) is 0 Å². The molecule has 0 amide bonds. The third kappa shape index (κ3) is 4.11. The van der Waals surface area contributed by atoms with Crippen LogP contribution in [0.3, 0.4) is 0 Å². The highest BCUT2D eigenvalue weighted by atomic mass is 32.2. The molecule has 0 bridgehead atoms. The molecule has 2 aromatic heterocycles. The van der Waals surface area contributed by atoms with E-state index in [-0.39, 0.29) is 5.82 Å². The van der Waals surface area contributed by atoms with E-state index in [1.54, 1.807) is 48.1 Å². The summed E-state index contributed by atoms with van der Waals surface area (Å²) in [6.07, 6.45) is 3.52. The van der Waals surface area contributed by atoms with Crippen LogP contribution in [0.5, 0.6) is 0 Å². The van der Waals surface area contributed by atoms with Gasteiger partial charge in [0.05, 0.1) is 0 Å². The molecule has 0 aliphatic rings. The summed E-state index contributed by atoms with van der Waals surface area (Å²) >= 11 is 3.36. The summed E-state index contributed by atoms with van der Waals surface area (Å²) in [6, 6.07) is 10.4. The Bertz CT molecular complexity index is 760. The SMILES string of the molecule is Cn1c(SCCSc2ccc(F)cc2)nnc1-c1cccnc1. The maximum absolute atomic E-state index is 12.8. The molecule has 118 valence electrons.